The number of nitrogens with one attached hydrogen (secondary N) is 1. The Morgan fingerprint density at radius 3 is 2.59 bits per heavy atom. The fourth-order valence-corrected chi connectivity index (χ4v) is 4.66. The first kappa shape index (κ1) is 24.3. The normalized spacial score (nSPS) is 20.0. The Kier molecular flexibility index (Phi) is 7.63. The SMILES string of the molecule is Cc1ncsc1-c1ccc(CNC(=O)C2CC(O)CN2C(=O)C(N=NCl)C(C)(C)C)cc1. The monoisotopic (exact) mass is 477 g/mol. The molecule has 0 radical (unpaired) electrons. The number of aryl methyl sites for hydroxylation is 1. The number of halogens is 1. The van der Waals surface area contributed by atoms with E-state index in [0.717, 1.165) is 21.7 Å². The molecular weight excluding hydrogens is 450 g/mol. The number of aliphatic hydroxyl groups excluding tert-OH is 1. The van der Waals surface area contributed by atoms with E-state index >= 15 is 0 Å². The van der Waals surface area contributed by atoms with Gasteiger partial charge in [0.05, 0.1) is 34.0 Å². The summed E-state index contributed by atoms with van der Waals surface area (Å²) in [5.74, 6) is -0.685. The number of amides is 2. The van der Waals surface area contributed by atoms with Crippen LogP contribution in [0, 0.1) is 12.3 Å². The van der Waals surface area contributed by atoms with E-state index in [-0.39, 0.29) is 24.8 Å². The summed E-state index contributed by atoms with van der Waals surface area (Å²) in [5, 5.41) is 16.9. The number of rotatable bonds is 6. The molecule has 2 aromatic rings. The van der Waals surface area contributed by atoms with Crippen molar-refractivity contribution in [2.75, 3.05) is 6.54 Å². The number of nitrogens with zero attached hydrogens (tertiary/aromatic N) is 4. The number of carbonyl (C=O) groups is 2. The number of likely N-dealkylation sites (tertiary alicyclic amines) is 1. The molecule has 0 spiro atoms. The maximum absolute atomic E-state index is 13.1. The summed E-state index contributed by atoms with van der Waals surface area (Å²) in [6, 6.07) is 6.30. The zero-order valence-electron chi connectivity index (χ0n) is 18.6. The quantitative estimate of drug-likeness (QED) is 0.618. The summed E-state index contributed by atoms with van der Waals surface area (Å²) in [7, 11) is 0. The summed E-state index contributed by atoms with van der Waals surface area (Å²) in [5.41, 5.74) is 4.28. The third kappa shape index (κ3) is 5.51. The minimum atomic E-state index is -0.844. The Balaban J connectivity index is 1.67. The number of hydrogen-bond acceptors (Lipinski definition) is 7. The molecule has 1 aliphatic heterocycles. The van der Waals surface area contributed by atoms with E-state index in [1.165, 1.54) is 4.90 Å². The molecule has 1 aliphatic rings. The van der Waals surface area contributed by atoms with Crippen LogP contribution in [-0.4, -0.2) is 51.5 Å². The van der Waals surface area contributed by atoms with E-state index in [4.69, 9.17) is 11.8 Å². The molecule has 1 aromatic heterocycles. The summed E-state index contributed by atoms with van der Waals surface area (Å²) in [6.07, 6.45) is -0.596. The molecule has 8 nitrogen and oxygen atoms in total. The molecule has 10 heteroatoms. The van der Waals surface area contributed by atoms with Crippen molar-refractivity contribution in [2.24, 2.45) is 15.2 Å². The summed E-state index contributed by atoms with van der Waals surface area (Å²) >= 11 is 7.00. The molecule has 0 aliphatic carbocycles. The van der Waals surface area contributed by atoms with Gasteiger partial charge >= 0.3 is 0 Å². The van der Waals surface area contributed by atoms with Gasteiger partial charge in [0.1, 0.15) is 6.04 Å². The Morgan fingerprint density at radius 2 is 2.03 bits per heavy atom. The summed E-state index contributed by atoms with van der Waals surface area (Å²) in [4.78, 5) is 32.8. The molecule has 3 rings (SSSR count). The van der Waals surface area contributed by atoms with Gasteiger partial charge in [0.2, 0.25) is 5.91 Å². The highest BCUT2D eigenvalue weighted by Gasteiger charge is 2.44. The highest BCUT2D eigenvalue weighted by atomic mass is 35.5. The molecule has 2 amide bonds. The van der Waals surface area contributed by atoms with Crippen molar-refractivity contribution in [1.29, 1.82) is 0 Å². The third-order valence-corrected chi connectivity index (χ3v) is 6.57. The van der Waals surface area contributed by atoms with E-state index in [9.17, 15) is 14.7 Å². The number of aliphatic hydroxyl groups is 1. The Labute approximate surface area is 196 Å². The summed E-state index contributed by atoms with van der Waals surface area (Å²) in [6.45, 7) is 7.91. The molecule has 1 aromatic carbocycles. The molecule has 1 fully saturated rings. The maximum atomic E-state index is 13.1. The van der Waals surface area contributed by atoms with E-state index in [1.807, 2.05) is 57.5 Å². The standard InChI is InChI=1S/C22H28ClN5O3S/c1-13-18(32-12-25-13)15-7-5-14(6-8-15)10-24-20(30)17-9-16(29)11-28(17)21(31)19(26-27-23)22(2,3)4/h5-8,12,16-17,19,29H,9-11H2,1-4H3,(H,24,30). The molecule has 2 heterocycles. The van der Waals surface area contributed by atoms with Gasteiger partial charge < -0.3 is 15.3 Å². The second kappa shape index (κ2) is 10.1. The summed E-state index contributed by atoms with van der Waals surface area (Å²) < 4.78 is 3.27. The second-order valence-corrected chi connectivity index (χ2v) is 10.0. The Hall–Kier alpha value is -2.36. The van der Waals surface area contributed by atoms with Crippen LogP contribution >= 0.6 is 23.1 Å². The van der Waals surface area contributed by atoms with Crippen molar-refractivity contribution in [1.82, 2.24) is 15.2 Å². The van der Waals surface area contributed by atoms with Gasteiger partial charge in [-0.05, 0) is 23.5 Å². The molecular formula is C22H28ClN5O3S. The van der Waals surface area contributed by atoms with Crippen LogP contribution in [-0.2, 0) is 16.1 Å². The topological polar surface area (TPSA) is 107 Å². The maximum Gasteiger partial charge on any atom is 0.250 e. The molecule has 0 bridgehead atoms. The van der Waals surface area contributed by atoms with E-state index in [1.54, 1.807) is 11.3 Å². The van der Waals surface area contributed by atoms with Crippen molar-refractivity contribution < 1.29 is 14.7 Å². The van der Waals surface area contributed by atoms with Crippen molar-refractivity contribution in [3.63, 3.8) is 0 Å². The highest BCUT2D eigenvalue weighted by Crippen LogP contribution is 2.29. The van der Waals surface area contributed by atoms with Crippen LogP contribution in [0.5, 0.6) is 0 Å². The Morgan fingerprint density at radius 1 is 1.34 bits per heavy atom. The smallest absolute Gasteiger partial charge is 0.250 e. The van der Waals surface area contributed by atoms with Gasteiger partial charge in [0.15, 0.2) is 6.04 Å². The van der Waals surface area contributed by atoms with Gasteiger partial charge in [-0.1, -0.05) is 49.7 Å². The van der Waals surface area contributed by atoms with Crippen LogP contribution < -0.4 is 5.32 Å². The van der Waals surface area contributed by atoms with Gasteiger partial charge in [-0.25, -0.2) is 4.98 Å². The number of benzene rings is 1. The number of β-amino-alcohol motifs (C(OH)–C–C–N with tert-alkyl or cyclic N) is 1. The number of carbonyl (C=O) groups excluding carboxylic acids is 2. The van der Waals surface area contributed by atoms with Crippen LogP contribution in [0.15, 0.2) is 39.5 Å². The fourth-order valence-electron chi connectivity index (χ4n) is 3.76. The largest absolute Gasteiger partial charge is 0.391 e. The zero-order valence-corrected chi connectivity index (χ0v) is 20.2. The number of hydrogen-bond donors (Lipinski definition) is 2. The van der Waals surface area contributed by atoms with Gasteiger partial charge in [-0.3, -0.25) is 9.59 Å². The molecule has 2 N–H and O–H groups in total. The van der Waals surface area contributed by atoms with Gasteiger partial charge in [-0.2, -0.15) is 5.11 Å². The van der Waals surface area contributed by atoms with Crippen LogP contribution in [0.1, 0.15) is 38.4 Å². The number of aromatic nitrogens is 1. The molecule has 0 saturated carbocycles. The van der Waals surface area contributed by atoms with Crippen molar-refractivity contribution in [2.45, 2.75) is 58.8 Å². The molecule has 32 heavy (non-hydrogen) atoms. The fraction of sp³-hybridized carbons (Fsp3) is 0.500. The van der Waals surface area contributed by atoms with Gasteiger partial charge in [0.25, 0.3) is 5.91 Å². The zero-order chi connectivity index (χ0) is 23.5. The lowest BCUT2D eigenvalue weighted by atomic mass is 9.86. The lowest BCUT2D eigenvalue weighted by Gasteiger charge is -2.31. The van der Waals surface area contributed by atoms with Crippen molar-refractivity contribution in [3.8, 4) is 10.4 Å². The van der Waals surface area contributed by atoms with Crippen LogP contribution in [0.3, 0.4) is 0 Å². The van der Waals surface area contributed by atoms with Crippen LogP contribution in [0.25, 0.3) is 10.4 Å². The minimum absolute atomic E-state index is 0.0736. The van der Waals surface area contributed by atoms with Crippen LogP contribution in [0.4, 0.5) is 0 Å². The molecule has 3 atom stereocenters. The van der Waals surface area contributed by atoms with Crippen LogP contribution in [0.2, 0.25) is 0 Å². The molecule has 172 valence electrons. The van der Waals surface area contributed by atoms with Crippen molar-refractivity contribution in [3.05, 3.63) is 41.0 Å². The predicted octanol–water partition coefficient (Wildman–Crippen LogP) is 3.72. The van der Waals surface area contributed by atoms with E-state index in [0.29, 0.717) is 6.54 Å². The average molecular weight is 478 g/mol. The highest BCUT2D eigenvalue weighted by molar-refractivity contribution is 7.13. The van der Waals surface area contributed by atoms with Gasteiger partial charge in [-0.15, -0.1) is 11.3 Å². The number of thiazole rings is 1. The second-order valence-electron chi connectivity index (χ2n) is 9.04. The minimum Gasteiger partial charge on any atom is -0.391 e. The first-order valence-electron chi connectivity index (χ1n) is 10.4. The lowest BCUT2D eigenvalue weighted by Crippen LogP contribution is -2.51. The third-order valence-electron chi connectivity index (χ3n) is 5.51. The average Bonchev–Trinajstić information content (AvgIpc) is 3.35. The molecule has 3 unspecified atom stereocenters. The lowest BCUT2D eigenvalue weighted by molar-refractivity contribution is -0.141. The predicted molar refractivity (Wildman–Crippen MR) is 124 cm³/mol. The van der Waals surface area contributed by atoms with E-state index < -0.39 is 23.6 Å². The first-order valence-corrected chi connectivity index (χ1v) is 11.6. The van der Waals surface area contributed by atoms with Gasteiger partial charge in [0, 0.05) is 19.5 Å². The van der Waals surface area contributed by atoms with Crippen molar-refractivity contribution >= 4 is 34.9 Å². The first-order chi connectivity index (χ1) is 15.1. The molecule has 1 saturated heterocycles. The Bertz CT molecular complexity index is 986. The van der Waals surface area contributed by atoms with E-state index in [2.05, 4.69) is 20.0 Å².